The zero-order chi connectivity index (χ0) is 5.56. The second kappa shape index (κ2) is 1.25. The van der Waals surface area contributed by atoms with Gasteiger partial charge in [-0.1, -0.05) is 12.2 Å². The Labute approximate surface area is 49.9 Å². The fourth-order valence-electron chi connectivity index (χ4n) is 1.69. The molecule has 0 nitrogen and oxygen atoms in total. The maximum atomic E-state index is 3.95. The highest BCUT2D eigenvalue weighted by Crippen LogP contribution is 2.43. The summed E-state index contributed by atoms with van der Waals surface area (Å²) in [5, 5.41) is 0. The summed E-state index contributed by atoms with van der Waals surface area (Å²) in [5.41, 5.74) is 4.73. The maximum Gasteiger partial charge on any atom is -0.00643 e. The highest BCUT2D eigenvalue weighted by atomic mass is 14.3. The van der Waals surface area contributed by atoms with E-state index in [-0.39, 0.29) is 0 Å². The van der Waals surface area contributed by atoms with Crippen LogP contribution in [0.2, 0.25) is 0 Å². The van der Waals surface area contributed by atoms with Crippen LogP contribution in [-0.4, -0.2) is 0 Å². The summed E-state index contributed by atoms with van der Waals surface area (Å²) < 4.78 is 0. The van der Waals surface area contributed by atoms with Gasteiger partial charge in [0.25, 0.3) is 0 Å². The fraction of sp³-hybridized carbons (Fsp3) is 0.500. The first-order valence-electron chi connectivity index (χ1n) is 3.27. The first-order chi connectivity index (χ1) is 3.88. The third-order valence-corrected chi connectivity index (χ3v) is 2.19. The molecule has 0 saturated carbocycles. The predicted molar refractivity (Wildman–Crippen MR) is 34.6 cm³/mol. The molecule has 0 aliphatic heterocycles. The Balaban J connectivity index is 2.36. The van der Waals surface area contributed by atoms with Gasteiger partial charge in [-0.05, 0) is 36.8 Å². The SMILES string of the molecule is C=C1CC2=C1CCC2. The summed E-state index contributed by atoms with van der Waals surface area (Å²) in [4.78, 5) is 0. The van der Waals surface area contributed by atoms with Crippen LogP contribution in [-0.2, 0) is 0 Å². The first-order valence-corrected chi connectivity index (χ1v) is 3.27. The molecule has 8 heavy (non-hydrogen) atoms. The average Bonchev–Trinajstić information content (AvgIpc) is 2.09. The molecule has 0 amide bonds. The third-order valence-electron chi connectivity index (χ3n) is 2.19. The Morgan fingerprint density at radius 2 is 2.12 bits per heavy atom. The Bertz CT molecular complexity index is 172. The normalized spacial score (nSPS) is 25.8. The molecule has 0 radical (unpaired) electrons. The van der Waals surface area contributed by atoms with Crippen LogP contribution in [0.25, 0.3) is 0 Å². The smallest absolute Gasteiger partial charge is 0.00643 e. The minimum Gasteiger partial charge on any atom is -0.0952 e. The van der Waals surface area contributed by atoms with E-state index in [1.54, 1.807) is 11.1 Å². The minimum absolute atomic E-state index is 1.23. The molecule has 2 rings (SSSR count). The van der Waals surface area contributed by atoms with E-state index in [1.165, 1.54) is 31.3 Å². The highest BCUT2D eigenvalue weighted by molar-refractivity contribution is 5.48. The molecule has 0 N–H and O–H groups in total. The topological polar surface area (TPSA) is 0 Å². The van der Waals surface area contributed by atoms with Gasteiger partial charge in [-0.15, -0.1) is 0 Å². The molecule has 0 fully saturated rings. The van der Waals surface area contributed by atoms with Gasteiger partial charge in [-0.2, -0.15) is 0 Å². The van der Waals surface area contributed by atoms with Crippen LogP contribution in [0.1, 0.15) is 25.7 Å². The molecule has 0 spiro atoms. The molecule has 2 aliphatic rings. The van der Waals surface area contributed by atoms with Gasteiger partial charge in [0.15, 0.2) is 0 Å². The van der Waals surface area contributed by atoms with E-state index >= 15 is 0 Å². The molecular formula is C8H10. The zero-order valence-electron chi connectivity index (χ0n) is 5.04. The number of hydrogen-bond acceptors (Lipinski definition) is 0. The van der Waals surface area contributed by atoms with Crippen molar-refractivity contribution in [3.63, 3.8) is 0 Å². The molecule has 0 atom stereocenters. The summed E-state index contributed by atoms with van der Waals surface area (Å²) in [5.74, 6) is 0. The number of allylic oxidation sites excluding steroid dienone is 3. The van der Waals surface area contributed by atoms with E-state index in [2.05, 4.69) is 6.58 Å². The third kappa shape index (κ3) is 0.360. The lowest BCUT2D eigenvalue weighted by molar-refractivity contribution is 0.905. The molecule has 42 valence electrons. The van der Waals surface area contributed by atoms with Crippen molar-refractivity contribution in [2.75, 3.05) is 0 Å². The van der Waals surface area contributed by atoms with Crippen molar-refractivity contribution < 1.29 is 0 Å². The quantitative estimate of drug-likeness (QED) is 0.445. The lowest BCUT2D eigenvalue weighted by atomic mass is 9.86. The van der Waals surface area contributed by atoms with Crippen molar-refractivity contribution in [2.45, 2.75) is 25.7 Å². The van der Waals surface area contributed by atoms with Crippen LogP contribution >= 0.6 is 0 Å². The van der Waals surface area contributed by atoms with Crippen molar-refractivity contribution in [3.05, 3.63) is 23.3 Å². The molecule has 0 aromatic carbocycles. The standard InChI is InChI=1S/C8H10/c1-6-5-7-3-2-4-8(6)7/h1-5H2. The second-order valence-electron chi connectivity index (χ2n) is 2.72. The van der Waals surface area contributed by atoms with E-state index in [0.29, 0.717) is 0 Å². The van der Waals surface area contributed by atoms with Crippen molar-refractivity contribution in [1.82, 2.24) is 0 Å². The zero-order valence-corrected chi connectivity index (χ0v) is 5.04. The summed E-state index contributed by atoms with van der Waals surface area (Å²) in [6.07, 6.45) is 5.32. The monoisotopic (exact) mass is 106 g/mol. The Morgan fingerprint density at radius 1 is 1.25 bits per heavy atom. The molecule has 2 aliphatic carbocycles. The first kappa shape index (κ1) is 4.37. The van der Waals surface area contributed by atoms with E-state index < -0.39 is 0 Å². The van der Waals surface area contributed by atoms with Crippen LogP contribution in [0, 0.1) is 0 Å². The Hall–Kier alpha value is -0.520. The molecule has 0 saturated heterocycles. The van der Waals surface area contributed by atoms with Crippen LogP contribution < -0.4 is 0 Å². The minimum atomic E-state index is 1.23. The van der Waals surface area contributed by atoms with Crippen molar-refractivity contribution in [2.24, 2.45) is 0 Å². The van der Waals surface area contributed by atoms with Crippen molar-refractivity contribution in [1.29, 1.82) is 0 Å². The number of hydrogen-bond donors (Lipinski definition) is 0. The van der Waals surface area contributed by atoms with Crippen LogP contribution in [0.5, 0.6) is 0 Å². The second-order valence-corrected chi connectivity index (χ2v) is 2.72. The van der Waals surface area contributed by atoms with Gasteiger partial charge in [0, 0.05) is 0 Å². The Morgan fingerprint density at radius 3 is 2.62 bits per heavy atom. The van der Waals surface area contributed by atoms with Gasteiger partial charge in [-0.25, -0.2) is 0 Å². The summed E-state index contributed by atoms with van der Waals surface area (Å²) in [6, 6.07) is 0. The predicted octanol–water partition coefficient (Wildman–Crippen LogP) is 2.43. The van der Waals surface area contributed by atoms with E-state index in [4.69, 9.17) is 0 Å². The highest BCUT2D eigenvalue weighted by Gasteiger charge is 2.24. The lowest BCUT2D eigenvalue weighted by Crippen LogP contribution is -1.99. The van der Waals surface area contributed by atoms with Crippen LogP contribution in [0.3, 0.4) is 0 Å². The van der Waals surface area contributed by atoms with Gasteiger partial charge in [0.1, 0.15) is 0 Å². The summed E-state index contributed by atoms with van der Waals surface area (Å²) in [7, 11) is 0. The number of rotatable bonds is 0. The molecule has 0 aromatic heterocycles. The molecule has 0 heterocycles. The van der Waals surface area contributed by atoms with E-state index in [1.807, 2.05) is 0 Å². The van der Waals surface area contributed by atoms with E-state index in [9.17, 15) is 0 Å². The van der Waals surface area contributed by atoms with Crippen LogP contribution in [0.4, 0.5) is 0 Å². The fourth-order valence-corrected chi connectivity index (χ4v) is 1.69. The molecule has 0 bridgehead atoms. The maximum absolute atomic E-state index is 3.95. The summed E-state index contributed by atoms with van der Waals surface area (Å²) >= 11 is 0. The molecular weight excluding hydrogens is 96.1 g/mol. The van der Waals surface area contributed by atoms with E-state index in [0.717, 1.165) is 0 Å². The van der Waals surface area contributed by atoms with Gasteiger partial charge >= 0.3 is 0 Å². The Kier molecular flexibility index (Phi) is 0.682. The molecule has 0 aromatic rings. The van der Waals surface area contributed by atoms with Crippen molar-refractivity contribution >= 4 is 0 Å². The van der Waals surface area contributed by atoms with Crippen LogP contribution in [0.15, 0.2) is 23.3 Å². The van der Waals surface area contributed by atoms with Crippen molar-refractivity contribution in [3.8, 4) is 0 Å². The molecule has 0 unspecified atom stereocenters. The largest absolute Gasteiger partial charge is 0.0952 e. The van der Waals surface area contributed by atoms with Gasteiger partial charge in [-0.3, -0.25) is 0 Å². The molecule has 0 heteroatoms. The average molecular weight is 106 g/mol. The van der Waals surface area contributed by atoms with Gasteiger partial charge in [0.05, 0.1) is 0 Å². The van der Waals surface area contributed by atoms with Gasteiger partial charge in [0.2, 0.25) is 0 Å². The summed E-state index contributed by atoms with van der Waals surface area (Å²) in [6.45, 7) is 3.95. The van der Waals surface area contributed by atoms with Gasteiger partial charge < -0.3 is 0 Å². The lowest BCUT2D eigenvalue weighted by Gasteiger charge is -2.19.